The maximum atomic E-state index is 12.0. The number of para-hydroxylation sites is 1. The van der Waals surface area contributed by atoms with Gasteiger partial charge in [0, 0.05) is 11.6 Å². The second kappa shape index (κ2) is 6.48. The number of esters is 1. The molecule has 0 saturated heterocycles. The van der Waals surface area contributed by atoms with E-state index < -0.39 is 5.97 Å². The van der Waals surface area contributed by atoms with Crippen molar-refractivity contribution in [2.75, 3.05) is 6.61 Å². The van der Waals surface area contributed by atoms with Gasteiger partial charge in [-0.25, -0.2) is 4.79 Å². The van der Waals surface area contributed by atoms with Crippen molar-refractivity contribution < 1.29 is 14.3 Å². The average Bonchev–Trinajstić information content (AvgIpc) is 2.56. The number of benzene rings is 2. The highest BCUT2D eigenvalue weighted by Crippen LogP contribution is 2.23. The van der Waals surface area contributed by atoms with Crippen LogP contribution in [0.2, 0.25) is 0 Å². The maximum Gasteiger partial charge on any atom is 0.349 e. The second-order valence-corrected chi connectivity index (χ2v) is 5.34. The van der Waals surface area contributed by atoms with Crippen LogP contribution in [0.15, 0.2) is 54.7 Å². The molecule has 0 spiro atoms. The highest BCUT2D eigenvalue weighted by molar-refractivity contribution is 5.87. The van der Waals surface area contributed by atoms with Gasteiger partial charge in [-0.2, -0.15) is 0 Å². The van der Waals surface area contributed by atoms with E-state index in [2.05, 4.69) is 4.98 Å². The van der Waals surface area contributed by atoms with Crippen molar-refractivity contribution in [2.45, 2.75) is 13.8 Å². The van der Waals surface area contributed by atoms with E-state index in [0.29, 0.717) is 17.0 Å². The summed E-state index contributed by atoms with van der Waals surface area (Å²) < 4.78 is 10.9. The van der Waals surface area contributed by atoms with Gasteiger partial charge in [-0.05, 0) is 49.2 Å². The molecule has 0 aliphatic heterocycles. The molecule has 0 amide bonds. The SMILES string of the molecule is Cc1ccc(OCC(=O)Oc2cccc3cccnc23)cc1C. The lowest BCUT2D eigenvalue weighted by atomic mass is 10.1. The number of nitrogens with zero attached hydrogens (tertiary/aromatic N) is 1. The van der Waals surface area contributed by atoms with Crippen molar-refractivity contribution in [3.05, 3.63) is 65.9 Å². The molecule has 0 saturated carbocycles. The summed E-state index contributed by atoms with van der Waals surface area (Å²) in [5.41, 5.74) is 2.96. The molecule has 0 aliphatic carbocycles. The zero-order valence-electron chi connectivity index (χ0n) is 13.1. The highest BCUT2D eigenvalue weighted by atomic mass is 16.6. The Kier molecular flexibility index (Phi) is 4.24. The van der Waals surface area contributed by atoms with Crippen molar-refractivity contribution in [3.8, 4) is 11.5 Å². The fraction of sp³-hybridized carbons (Fsp3) is 0.158. The Morgan fingerprint density at radius 3 is 2.70 bits per heavy atom. The first-order chi connectivity index (χ1) is 11.1. The number of carbonyl (C=O) groups excluding carboxylic acids is 1. The third-order valence-corrected chi connectivity index (χ3v) is 3.65. The monoisotopic (exact) mass is 307 g/mol. The first-order valence-electron chi connectivity index (χ1n) is 7.38. The van der Waals surface area contributed by atoms with Gasteiger partial charge >= 0.3 is 5.97 Å². The molecular formula is C19H17NO3. The van der Waals surface area contributed by atoms with E-state index in [4.69, 9.17) is 9.47 Å². The summed E-state index contributed by atoms with van der Waals surface area (Å²) >= 11 is 0. The summed E-state index contributed by atoms with van der Waals surface area (Å²) in [6, 6.07) is 15.0. The van der Waals surface area contributed by atoms with Crippen LogP contribution in [-0.2, 0) is 4.79 Å². The zero-order valence-corrected chi connectivity index (χ0v) is 13.1. The summed E-state index contributed by atoms with van der Waals surface area (Å²) in [4.78, 5) is 16.3. The fourth-order valence-corrected chi connectivity index (χ4v) is 2.26. The van der Waals surface area contributed by atoms with Crippen molar-refractivity contribution in [2.24, 2.45) is 0 Å². The molecule has 0 N–H and O–H groups in total. The summed E-state index contributed by atoms with van der Waals surface area (Å²) in [6.45, 7) is 3.88. The molecule has 2 aromatic carbocycles. The minimum atomic E-state index is -0.457. The molecule has 0 radical (unpaired) electrons. The zero-order chi connectivity index (χ0) is 16.2. The normalized spacial score (nSPS) is 10.5. The molecule has 4 heteroatoms. The first-order valence-corrected chi connectivity index (χ1v) is 7.38. The van der Waals surface area contributed by atoms with Gasteiger partial charge in [-0.3, -0.25) is 4.98 Å². The molecule has 0 fully saturated rings. The van der Waals surface area contributed by atoms with Crippen LogP contribution in [0, 0.1) is 13.8 Å². The molecule has 0 unspecified atom stereocenters. The molecule has 4 nitrogen and oxygen atoms in total. The Morgan fingerprint density at radius 2 is 1.87 bits per heavy atom. The minimum absolute atomic E-state index is 0.147. The molecule has 0 aliphatic rings. The molecule has 116 valence electrons. The third-order valence-electron chi connectivity index (χ3n) is 3.65. The maximum absolute atomic E-state index is 12.0. The quantitative estimate of drug-likeness (QED) is 0.543. The number of fused-ring (bicyclic) bond motifs is 1. The predicted octanol–water partition coefficient (Wildman–Crippen LogP) is 3.84. The predicted molar refractivity (Wildman–Crippen MR) is 88.8 cm³/mol. The van der Waals surface area contributed by atoms with Gasteiger partial charge in [0.2, 0.25) is 0 Å². The largest absolute Gasteiger partial charge is 0.482 e. The molecular weight excluding hydrogens is 290 g/mol. The van der Waals surface area contributed by atoms with Gasteiger partial charge in [0.05, 0.1) is 0 Å². The van der Waals surface area contributed by atoms with Crippen molar-refractivity contribution >= 4 is 16.9 Å². The van der Waals surface area contributed by atoms with Gasteiger partial charge in [0.25, 0.3) is 0 Å². The van der Waals surface area contributed by atoms with Crippen LogP contribution in [0.25, 0.3) is 10.9 Å². The lowest BCUT2D eigenvalue weighted by Gasteiger charge is -2.09. The number of ether oxygens (including phenoxy) is 2. The lowest BCUT2D eigenvalue weighted by molar-refractivity contribution is -0.136. The van der Waals surface area contributed by atoms with E-state index in [1.807, 2.05) is 56.3 Å². The Morgan fingerprint density at radius 1 is 1.04 bits per heavy atom. The number of aromatic nitrogens is 1. The first kappa shape index (κ1) is 15.0. The summed E-state index contributed by atoms with van der Waals surface area (Å²) in [5.74, 6) is 0.638. The van der Waals surface area contributed by atoms with Crippen molar-refractivity contribution in [1.82, 2.24) is 4.98 Å². The number of rotatable bonds is 4. The number of hydrogen-bond donors (Lipinski definition) is 0. The third kappa shape index (κ3) is 3.48. The molecule has 3 rings (SSSR count). The van der Waals surface area contributed by atoms with Crippen LogP contribution in [0.5, 0.6) is 11.5 Å². The lowest BCUT2D eigenvalue weighted by Crippen LogP contribution is -2.18. The van der Waals surface area contributed by atoms with E-state index in [9.17, 15) is 4.79 Å². The number of pyridine rings is 1. The second-order valence-electron chi connectivity index (χ2n) is 5.34. The van der Waals surface area contributed by atoms with Gasteiger partial charge < -0.3 is 9.47 Å². The molecule has 0 atom stereocenters. The van der Waals surface area contributed by atoms with E-state index >= 15 is 0 Å². The van der Waals surface area contributed by atoms with Crippen LogP contribution in [0.4, 0.5) is 0 Å². The van der Waals surface area contributed by atoms with Gasteiger partial charge in [0.15, 0.2) is 12.4 Å². The summed E-state index contributed by atoms with van der Waals surface area (Å²) in [6.07, 6.45) is 1.67. The van der Waals surface area contributed by atoms with Gasteiger partial charge in [-0.1, -0.05) is 24.3 Å². The Hall–Kier alpha value is -2.88. The van der Waals surface area contributed by atoms with Crippen LogP contribution in [0.3, 0.4) is 0 Å². The Labute approximate surface area is 134 Å². The topological polar surface area (TPSA) is 48.4 Å². The van der Waals surface area contributed by atoms with Gasteiger partial charge in [0.1, 0.15) is 11.3 Å². The number of hydrogen-bond acceptors (Lipinski definition) is 4. The van der Waals surface area contributed by atoms with E-state index in [0.717, 1.165) is 10.9 Å². The number of carbonyl (C=O) groups is 1. The van der Waals surface area contributed by atoms with E-state index in [1.165, 1.54) is 5.56 Å². The van der Waals surface area contributed by atoms with Crippen LogP contribution >= 0.6 is 0 Å². The molecule has 1 aromatic heterocycles. The van der Waals surface area contributed by atoms with E-state index in [-0.39, 0.29) is 6.61 Å². The Balaban J connectivity index is 1.68. The van der Waals surface area contributed by atoms with Crippen LogP contribution in [0.1, 0.15) is 11.1 Å². The Bertz CT molecular complexity index is 853. The van der Waals surface area contributed by atoms with Crippen molar-refractivity contribution in [3.63, 3.8) is 0 Å². The van der Waals surface area contributed by atoms with Gasteiger partial charge in [-0.15, -0.1) is 0 Å². The average molecular weight is 307 g/mol. The molecule has 1 heterocycles. The smallest absolute Gasteiger partial charge is 0.349 e. The highest BCUT2D eigenvalue weighted by Gasteiger charge is 2.10. The van der Waals surface area contributed by atoms with Crippen LogP contribution < -0.4 is 9.47 Å². The molecule has 0 bridgehead atoms. The van der Waals surface area contributed by atoms with Crippen molar-refractivity contribution in [1.29, 1.82) is 0 Å². The van der Waals surface area contributed by atoms with E-state index in [1.54, 1.807) is 12.3 Å². The molecule has 23 heavy (non-hydrogen) atoms. The minimum Gasteiger partial charge on any atom is -0.482 e. The number of aryl methyl sites for hydroxylation is 2. The summed E-state index contributed by atoms with van der Waals surface area (Å²) in [7, 11) is 0. The summed E-state index contributed by atoms with van der Waals surface area (Å²) in [5, 5.41) is 0.924. The standard InChI is InChI=1S/C19H17NO3/c1-13-8-9-16(11-14(13)2)22-12-18(21)23-17-7-3-5-15-6-4-10-20-19(15)17/h3-11H,12H2,1-2H3. The molecule has 3 aromatic rings. The van der Waals surface area contributed by atoms with Crippen LogP contribution in [-0.4, -0.2) is 17.6 Å². The fourth-order valence-electron chi connectivity index (χ4n) is 2.26.